The Kier molecular flexibility index (Phi) is 8.05. The van der Waals surface area contributed by atoms with Crippen LogP contribution in [0.3, 0.4) is 0 Å². The van der Waals surface area contributed by atoms with Crippen molar-refractivity contribution in [2.75, 3.05) is 12.8 Å². The van der Waals surface area contributed by atoms with Crippen molar-refractivity contribution >= 4 is 29.7 Å². The highest BCUT2D eigenvalue weighted by molar-refractivity contribution is 8.00. The van der Waals surface area contributed by atoms with Gasteiger partial charge in [0.2, 0.25) is 0 Å². The zero-order chi connectivity index (χ0) is 15.8. The quantitative estimate of drug-likeness (QED) is 0.507. The first-order chi connectivity index (χ1) is 9.30. The molecule has 0 unspecified atom stereocenters. The van der Waals surface area contributed by atoms with Crippen LogP contribution in [0.4, 0.5) is 4.79 Å². The minimum absolute atomic E-state index is 0.0944. The minimum Gasteiger partial charge on any atom is -0.481 e. The molecular weight excluding hydrogens is 284 g/mol. The van der Waals surface area contributed by atoms with Crippen molar-refractivity contribution in [3.8, 4) is 0 Å². The highest BCUT2D eigenvalue weighted by Crippen LogP contribution is 2.29. The molecule has 0 aromatic rings. The molecule has 0 aliphatic carbocycles. The number of urea groups is 1. The predicted octanol–water partition coefficient (Wildman–Crippen LogP) is 1.14. The SMILES string of the molecule is CCC(CC)(CNC(=O)N[C@H](CC(=O)O)C(=O)O)SC. The van der Waals surface area contributed by atoms with Crippen LogP contribution in [0.15, 0.2) is 0 Å². The second-order valence-corrected chi connectivity index (χ2v) is 5.68. The van der Waals surface area contributed by atoms with Crippen LogP contribution in [0, 0.1) is 0 Å². The van der Waals surface area contributed by atoms with Crippen molar-refractivity contribution in [3.05, 3.63) is 0 Å². The van der Waals surface area contributed by atoms with Gasteiger partial charge in [0, 0.05) is 11.3 Å². The van der Waals surface area contributed by atoms with Crippen molar-refractivity contribution < 1.29 is 24.6 Å². The number of hydrogen-bond acceptors (Lipinski definition) is 4. The molecule has 0 saturated heterocycles. The van der Waals surface area contributed by atoms with E-state index < -0.39 is 30.4 Å². The summed E-state index contributed by atoms with van der Waals surface area (Å²) < 4.78 is -0.0944. The van der Waals surface area contributed by atoms with Gasteiger partial charge in [0.25, 0.3) is 0 Å². The molecule has 0 spiro atoms. The number of carboxylic acids is 2. The Bertz CT molecular complexity index is 349. The molecule has 0 radical (unpaired) electrons. The summed E-state index contributed by atoms with van der Waals surface area (Å²) in [5, 5.41) is 22.2. The van der Waals surface area contributed by atoms with Gasteiger partial charge in [-0.15, -0.1) is 0 Å². The second-order valence-electron chi connectivity index (χ2n) is 4.41. The lowest BCUT2D eigenvalue weighted by Crippen LogP contribution is -2.50. The third-order valence-corrected chi connectivity index (χ3v) is 4.86. The normalized spacial score (nSPS) is 12.6. The Hall–Kier alpha value is -1.44. The smallest absolute Gasteiger partial charge is 0.326 e. The Morgan fingerprint density at radius 1 is 1.20 bits per heavy atom. The first kappa shape index (κ1) is 18.6. The molecule has 0 heterocycles. The summed E-state index contributed by atoms with van der Waals surface area (Å²) >= 11 is 1.64. The summed E-state index contributed by atoms with van der Waals surface area (Å²) in [6, 6.07) is -2.10. The summed E-state index contributed by atoms with van der Waals surface area (Å²) in [5.41, 5.74) is 0. The Balaban J connectivity index is 4.46. The fourth-order valence-electron chi connectivity index (χ4n) is 1.69. The molecule has 0 fully saturated rings. The zero-order valence-corrected chi connectivity index (χ0v) is 12.7. The first-order valence-electron chi connectivity index (χ1n) is 6.34. The van der Waals surface area contributed by atoms with E-state index in [0.29, 0.717) is 6.54 Å². The maximum atomic E-state index is 11.6. The fraction of sp³-hybridized carbons (Fsp3) is 0.750. The van der Waals surface area contributed by atoms with Gasteiger partial charge in [-0.3, -0.25) is 4.79 Å². The standard InChI is InChI=1S/C12H22N2O5S/c1-4-12(5-2,20-3)7-13-11(19)14-8(10(17)18)6-9(15)16/h8H,4-7H2,1-3H3,(H,15,16)(H,17,18)(H2,13,14,19)/t8-/m1/s1. The van der Waals surface area contributed by atoms with E-state index in [4.69, 9.17) is 10.2 Å². The largest absolute Gasteiger partial charge is 0.481 e. The predicted molar refractivity (Wildman–Crippen MR) is 77.0 cm³/mol. The highest BCUT2D eigenvalue weighted by atomic mass is 32.2. The topological polar surface area (TPSA) is 116 Å². The van der Waals surface area contributed by atoms with Crippen LogP contribution >= 0.6 is 11.8 Å². The molecule has 20 heavy (non-hydrogen) atoms. The summed E-state index contributed by atoms with van der Waals surface area (Å²) in [7, 11) is 0. The molecule has 1 atom stereocenters. The van der Waals surface area contributed by atoms with Crippen LogP contribution in [0.2, 0.25) is 0 Å². The summed E-state index contributed by atoms with van der Waals surface area (Å²) in [6.45, 7) is 4.43. The average Bonchev–Trinajstić information content (AvgIpc) is 2.39. The lowest BCUT2D eigenvalue weighted by atomic mass is 10.0. The monoisotopic (exact) mass is 306 g/mol. The Morgan fingerprint density at radius 3 is 2.10 bits per heavy atom. The number of carbonyl (C=O) groups excluding carboxylic acids is 1. The van der Waals surface area contributed by atoms with Gasteiger partial charge in [-0.1, -0.05) is 13.8 Å². The fourth-order valence-corrected chi connectivity index (χ4v) is 2.48. The lowest BCUT2D eigenvalue weighted by Gasteiger charge is -2.30. The van der Waals surface area contributed by atoms with Crippen LogP contribution in [-0.2, 0) is 9.59 Å². The third-order valence-electron chi connectivity index (χ3n) is 3.27. The molecule has 0 rings (SSSR count). The first-order valence-corrected chi connectivity index (χ1v) is 7.56. The molecule has 2 amide bonds. The Labute approximate surface area is 122 Å². The van der Waals surface area contributed by atoms with E-state index in [1.807, 2.05) is 20.1 Å². The van der Waals surface area contributed by atoms with Crippen molar-refractivity contribution in [2.24, 2.45) is 0 Å². The average molecular weight is 306 g/mol. The zero-order valence-electron chi connectivity index (χ0n) is 11.9. The van der Waals surface area contributed by atoms with Crippen LogP contribution in [0.1, 0.15) is 33.1 Å². The summed E-state index contributed by atoms with van der Waals surface area (Å²) in [5.74, 6) is -2.65. The molecule has 0 aromatic carbocycles. The maximum absolute atomic E-state index is 11.6. The molecular formula is C12H22N2O5S. The molecule has 116 valence electrons. The molecule has 0 aliphatic rings. The van der Waals surface area contributed by atoms with Crippen LogP contribution in [-0.4, -0.2) is 51.8 Å². The summed E-state index contributed by atoms with van der Waals surface area (Å²) in [6.07, 6.45) is 3.03. The van der Waals surface area contributed by atoms with E-state index in [1.165, 1.54) is 0 Å². The second kappa shape index (κ2) is 8.68. The van der Waals surface area contributed by atoms with Crippen molar-refractivity contribution in [1.29, 1.82) is 0 Å². The maximum Gasteiger partial charge on any atom is 0.326 e. The number of carbonyl (C=O) groups is 3. The van der Waals surface area contributed by atoms with Crippen molar-refractivity contribution in [2.45, 2.75) is 43.9 Å². The van der Waals surface area contributed by atoms with E-state index in [0.717, 1.165) is 12.8 Å². The number of aliphatic carboxylic acids is 2. The molecule has 0 aromatic heterocycles. The highest BCUT2D eigenvalue weighted by Gasteiger charge is 2.27. The van der Waals surface area contributed by atoms with E-state index in [9.17, 15) is 14.4 Å². The van der Waals surface area contributed by atoms with Gasteiger partial charge in [-0.2, -0.15) is 11.8 Å². The van der Waals surface area contributed by atoms with Gasteiger partial charge in [-0.25, -0.2) is 9.59 Å². The number of nitrogens with one attached hydrogen (secondary N) is 2. The van der Waals surface area contributed by atoms with E-state index in [2.05, 4.69) is 10.6 Å². The van der Waals surface area contributed by atoms with Crippen molar-refractivity contribution in [1.82, 2.24) is 10.6 Å². The van der Waals surface area contributed by atoms with Gasteiger partial charge in [0.1, 0.15) is 6.04 Å². The van der Waals surface area contributed by atoms with Gasteiger partial charge in [0.15, 0.2) is 0 Å². The number of carboxylic acid groups (broad SMARTS) is 2. The molecule has 8 heteroatoms. The number of thioether (sulfide) groups is 1. The van der Waals surface area contributed by atoms with E-state index >= 15 is 0 Å². The lowest BCUT2D eigenvalue weighted by molar-refractivity contribution is -0.145. The molecule has 7 nitrogen and oxygen atoms in total. The molecule has 0 bridgehead atoms. The van der Waals surface area contributed by atoms with Crippen molar-refractivity contribution in [3.63, 3.8) is 0 Å². The number of hydrogen-bond donors (Lipinski definition) is 4. The van der Waals surface area contributed by atoms with Gasteiger partial charge in [-0.05, 0) is 19.1 Å². The third kappa shape index (κ3) is 6.14. The van der Waals surface area contributed by atoms with Gasteiger partial charge < -0.3 is 20.8 Å². The van der Waals surface area contributed by atoms with E-state index in [1.54, 1.807) is 11.8 Å². The number of amides is 2. The molecule has 0 aliphatic heterocycles. The molecule has 0 saturated carbocycles. The van der Waals surface area contributed by atoms with E-state index in [-0.39, 0.29) is 4.75 Å². The summed E-state index contributed by atoms with van der Waals surface area (Å²) in [4.78, 5) is 33.0. The molecule has 4 N–H and O–H groups in total. The minimum atomic E-state index is -1.43. The Morgan fingerprint density at radius 2 is 1.75 bits per heavy atom. The van der Waals surface area contributed by atoms with Crippen LogP contribution in [0.5, 0.6) is 0 Å². The van der Waals surface area contributed by atoms with Gasteiger partial charge in [0.05, 0.1) is 6.42 Å². The van der Waals surface area contributed by atoms with Crippen LogP contribution < -0.4 is 10.6 Å². The van der Waals surface area contributed by atoms with Crippen LogP contribution in [0.25, 0.3) is 0 Å². The number of rotatable bonds is 9. The van der Waals surface area contributed by atoms with Gasteiger partial charge >= 0.3 is 18.0 Å².